The second-order valence-corrected chi connectivity index (χ2v) is 8.39. The van der Waals surface area contributed by atoms with Gasteiger partial charge in [-0.2, -0.15) is 17.0 Å². The third-order valence-electron chi connectivity index (χ3n) is 4.44. The van der Waals surface area contributed by atoms with Gasteiger partial charge in [0.15, 0.2) is 0 Å². The average Bonchev–Trinajstić information content (AvgIpc) is 2.50. The van der Waals surface area contributed by atoms with Gasteiger partial charge < -0.3 is 5.73 Å². The predicted molar refractivity (Wildman–Crippen MR) is 89.7 cm³/mol. The van der Waals surface area contributed by atoms with Crippen molar-refractivity contribution in [1.29, 1.82) is 0 Å². The van der Waals surface area contributed by atoms with Crippen molar-refractivity contribution in [2.24, 2.45) is 11.7 Å². The molecule has 23 heavy (non-hydrogen) atoms. The fourth-order valence-electron chi connectivity index (χ4n) is 3.01. The highest BCUT2D eigenvalue weighted by Gasteiger charge is 2.37. The highest BCUT2D eigenvalue weighted by atomic mass is 35.5. The molecule has 1 aromatic rings. The Morgan fingerprint density at radius 1 is 1.48 bits per heavy atom. The van der Waals surface area contributed by atoms with Gasteiger partial charge in [0.1, 0.15) is 5.82 Å². The van der Waals surface area contributed by atoms with E-state index in [4.69, 9.17) is 17.3 Å². The van der Waals surface area contributed by atoms with E-state index in [0.29, 0.717) is 6.54 Å². The Hall–Kier alpha value is -0.730. The van der Waals surface area contributed by atoms with Crippen LogP contribution < -0.4 is 5.73 Å². The van der Waals surface area contributed by atoms with E-state index in [0.717, 1.165) is 17.1 Å². The van der Waals surface area contributed by atoms with Crippen molar-refractivity contribution in [2.45, 2.75) is 32.4 Å². The summed E-state index contributed by atoms with van der Waals surface area (Å²) in [7, 11) is -2.29. The first kappa shape index (κ1) is 18.6. The minimum Gasteiger partial charge on any atom is -0.329 e. The van der Waals surface area contributed by atoms with Crippen molar-refractivity contribution in [1.82, 2.24) is 8.61 Å². The smallest absolute Gasteiger partial charge is 0.282 e. The van der Waals surface area contributed by atoms with E-state index in [1.54, 1.807) is 6.07 Å². The van der Waals surface area contributed by atoms with Crippen LogP contribution in [-0.2, 0) is 16.8 Å². The average molecular weight is 364 g/mol. The Morgan fingerprint density at radius 3 is 2.78 bits per heavy atom. The lowest BCUT2D eigenvalue weighted by molar-refractivity contribution is 0.181. The van der Waals surface area contributed by atoms with Crippen LogP contribution in [0.25, 0.3) is 0 Å². The van der Waals surface area contributed by atoms with Gasteiger partial charge in [-0.1, -0.05) is 24.6 Å². The highest BCUT2D eigenvalue weighted by molar-refractivity contribution is 7.86. The molecule has 2 atom stereocenters. The summed E-state index contributed by atoms with van der Waals surface area (Å²) in [4.78, 5) is 0. The number of halogens is 2. The fourth-order valence-corrected chi connectivity index (χ4v) is 4.88. The Morgan fingerprint density at radius 2 is 2.17 bits per heavy atom. The Balaban J connectivity index is 2.24. The van der Waals surface area contributed by atoms with E-state index in [1.165, 1.54) is 23.5 Å². The molecule has 8 heteroatoms. The third kappa shape index (κ3) is 3.85. The van der Waals surface area contributed by atoms with Gasteiger partial charge in [0, 0.05) is 43.3 Å². The predicted octanol–water partition coefficient (Wildman–Crippen LogP) is 2.21. The van der Waals surface area contributed by atoms with Gasteiger partial charge in [-0.3, -0.25) is 0 Å². The van der Waals surface area contributed by atoms with Gasteiger partial charge in [0.05, 0.1) is 0 Å². The number of rotatable bonds is 5. The second kappa shape index (κ2) is 7.44. The molecular weight excluding hydrogens is 341 g/mol. The SMILES string of the molecule is CC1CCCN(S(=O)(=O)N(C)Cc2c(F)cccc2Cl)C1CN. The van der Waals surface area contributed by atoms with Crippen LogP contribution in [-0.4, -0.2) is 43.2 Å². The lowest BCUT2D eigenvalue weighted by Crippen LogP contribution is -2.54. The topological polar surface area (TPSA) is 66.6 Å². The zero-order chi connectivity index (χ0) is 17.2. The van der Waals surface area contributed by atoms with E-state index in [2.05, 4.69) is 0 Å². The minimum atomic E-state index is -3.73. The maximum absolute atomic E-state index is 13.9. The maximum Gasteiger partial charge on any atom is 0.282 e. The molecule has 1 heterocycles. The Bertz CT molecular complexity index is 636. The molecule has 0 radical (unpaired) electrons. The van der Waals surface area contributed by atoms with Gasteiger partial charge in [0.25, 0.3) is 10.2 Å². The van der Waals surface area contributed by atoms with Crippen molar-refractivity contribution in [3.05, 3.63) is 34.6 Å². The summed E-state index contributed by atoms with van der Waals surface area (Å²) in [6.45, 7) is 2.60. The van der Waals surface area contributed by atoms with Crippen molar-refractivity contribution >= 4 is 21.8 Å². The van der Waals surface area contributed by atoms with Crippen LogP contribution in [0.15, 0.2) is 18.2 Å². The maximum atomic E-state index is 13.9. The lowest BCUT2D eigenvalue weighted by atomic mass is 9.93. The number of hydrogen-bond donors (Lipinski definition) is 1. The number of benzene rings is 1. The van der Waals surface area contributed by atoms with Crippen LogP contribution in [0, 0.1) is 11.7 Å². The summed E-state index contributed by atoms with van der Waals surface area (Å²) in [6, 6.07) is 4.08. The quantitative estimate of drug-likeness (QED) is 0.872. The number of piperidine rings is 1. The van der Waals surface area contributed by atoms with E-state index in [9.17, 15) is 12.8 Å². The Labute approximate surface area is 142 Å². The number of nitrogens with two attached hydrogens (primary N) is 1. The molecule has 1 saturated heterocycles. The van der Waals surface area contributed by atoms with Crippen LogP contribution in [0.5, 0.6) is 0 Å². The molecule has 1 aromatic carbocycles. The summed E-state index contributed by atoms with van der Waals surface area (Å²) in [5.74, 6) is -0.309. The molecule has 0 amide bonds. The van der Waals surface area contributed by atoms with Crippen molar-refractivity contribution < 1.29 is 12.8 Å². The summed E-state index contributed by atoms with van der Waals surface area (Å²) in [5.41, 5.74) is 5.95. The number of hydrogen-bond acceptors (Lipinski definition) is 3. The van der Waals surface area contributed by atoms with Gasteiger partial charge in [-0.05, 0) is 30.9 Å². The molecule has 130 valence electrons. The summed E-state index contributed by atoms with van der Waals surface area (Å²) < 4.78 is 42.2. The molecule has 1 aliphatic rings. The molecule has 0 aliphatic carbocycles. The van der Waals surface area contributed by atoms with Crippen LogP contribution in [0.2, 0.25) is 5.02 Å². The second-order valence-electron chi connectivity index (χ2n) is 6.00. The van der Waals surface area contributed by atoms with Crippen molar-refractivity contribution in [2.75, 3.05) is 20.1 Å². The summed E-state index contributed by atoms with van der Waals surface area (Å²) >= 11 is 5.99. The molecule has 1 aliphatic heterocycles. The van der Waals surface area contributed by atoms with Crippen LogP contribution >= 0.6 is 11.6 Å². The van der Waals surface area contributed by atoms with Crippen LogP contribution in [0.1, 0.15) is 25.3 Å². The van der Waals surface area contributed by atoms with E-state index >= 15 is 0 Å². The molecule has 0 aromatic heterocycles. The summed E-state index contributed by atoms with van der Waals surface area (Å²) in [5, 5.41) is 0.217. The largest absolute Gasteiger partial charge is 0.329 e. The number of nitrogens with zero attached hydrogens (tertiary/aromatic N) is 2. The first-order chi connectivity index (χ1) is 10.8. The molecule has 1 fully saturated rings. The highest BCUT2D eigenvalue weighted by Crippen LogP contribution is 2.28. The van der Waals surface area contributed by atoms with Gasteiger partial charge >= 0.3 is 0 Å². The van der Waals surface area contributed by atoms with Crippen molar-refractivity contribution in [3.63, 3.8) is 0 Å². The first-order valence-electron chi connectivity index (χ1n) is 7.65. The van der Waals surface area contributed by atoms with Crippen molar-refractivity contribution in [3.8, 4) is 0 Å². The van der Waals surface area contributed by atoms with Gasteiger partial charge in [0.2, 0.25) is 0 Å². The minimum absolute atomic E-state index is 0.115. The molecular formula is C15H23ClFN3O2S. The molecule has 0 saturated carbocycles. The van der Waals surface area contributed by atoms with Gasteiger partial charge in [-0.15, -0.1) is 0 Å². The van der Waals surface area contributed by atoms with E-state index in [-0.39, 0.29) is 35.6 Å². The third-order valence-corrected chi connectivity index (χ3v) is 6.76. The lowest BCUT2D eigenvalue weighted by Gasteiger charge is -2.40. The molecule has 2 rings (SSSR count). The Kier molecular flexibility index (Phi) is 6.02. The molecule has 0 spiro atoms. The zero-order valence-corrected chi connectivity index (χ0v) is 14.9. The summed E-state index contributed by atoms with van der Waals surface area (Å²) in [6.07, 6.45) is 1.75. The van der Waals surface area contributed by atoms with Crippen LogP contribution in [0.3, 0.4) is 0 Å². The zero-order valence-electron chi connectivity index (χ0n) is 13.4. The first-order valence-corrected chi connectivity index (χ1v) is 9.42. The molecule has 2 N–H and O–H groups in total. The van der Waals surface area contributed by atoms with Gasteiger partial charge in [-0.25, -0.2) is 4.39 Å². The molecule has 0 bridgehead atoms. The normalized spacial score (nSPS) is 23.4. The van der Waals surface area contributed by atoms with Crippen LogP contribution in [0.4, 0.5) is 4.39 Å². The standard InChI is InChI=1S/C15H23ClFN3O2S/c1-11-5-4-8-20(15(11)9-18)23(21,22)19(2)10-12-13(16)6-3-7-14(12)17/h3,6-7,11,15H,4-5,8-10,18H2,1-2H3. The van der Waals surface area contributed by atoms with E-state index in [1.807, 2.05) is 6.92 Å². The molecule has 2 unspecified atom stereocenters. The molecule has 5 nitrogen and oxygen atoms in total. The fraction of sp³-hybridized carbons (Fsp3) is 0.600. The monoisotopic (exact) mass is 363 g/mol. The van der Waals surface area contributed by atoms with E-state index < -0.39 is 16.0 Å².